The van der Waals surface area contributed by atoms with Crippen LogP contribution in [0.15, 0.2) is 98.3 Å². The van der Waals surface area contributed by atoms with Gasteiger partial charge in [-0.25, -0.2) is 9.97 Å². The van der Waals surface area contributed by atoms with Gasteiger partial charge in [-0.05, 0) is 123 Å². The molecule has 0 aliphatic carbocycles. The maximum atomic E-state index is 6.21. The SMILES string of the molecule is Cc1cc2oc3nc(C)c(C)cc3c2cc1N1CC(c2cc(-c3nc(-c4ccccc4)no3)cc(C3CN(c4cc5c(cc4C)oc4nc(C)c(C)cc45)C3)c2)C1. The lowest BCUT2D eigenvalue weighted by Gasteiger charge is -2.44. The molecule has 4 aromatic carbocycles. The van der Waals surface area contributed by atoms with Crippen LogP contribution in [0.2, 0.25) is 0 Å². The van der Waals surface area contributed by atoms with Crippen LogP contribution in [0.5, 0.6) is 0 Å². The van der Waals surface area contributed by atoms with E-state index in [0.717, 1.165) is 81.4 Å². The van der Waals surface area contributed by atoms with Crippen molar-refractivity contribution in [3.05, 3.63) is 130 Å². The summed E-state index contributed by atoms with van der Waals surface area (Å²) in [6, 6.07) is 30.3. The van der Waals surface area contributed by atoms with Crippen molar-refractivity contribution in [2.75, 3.05) is 36.0 Å². The molecule has 0 bridgehead atoms. The van der Waals surface area contributed by atoms with Gasteiger partial charge in [0.1, 0.15) is 11.2 Å². The molecule has 2 aliphatic rings. The molecule has 2 saturated heterocycles. The maximum absolute atomic E-state index is 6.21. The Labute approximate surface area is 329 Å². The smallest absolute Gasteiger partial charge is 0.258 e. The molecule has 9 nitrogen and oxygen atoms in total. The Morgan fingerprint density at radius 3 is 1.53 bits per heavy atom. The lowest BCUT2D eigenvalue weighted by molar-refractivity contribution is 0.432. The largest absolute Gasteiger partial charge is 0.438 e. The van der Waals surface area contributed by atoms with Crippen molar-refractivity contribution in [2.24, 2.45) is 0 Å². The minimum atomic E-state index is 0.360. The number of aromatic nitrogens is 4. The third-order valence-corrected chi connectivity index (χ3v) is 12.5. The molecule has 0 saturated carbocycles. The molecule has 9 aromatic rings. The normalized spacial score (nSPS) is 15.1. The van der Waals surface area contributed by atoms with E-state index in [4.69, 9.17) is 28.3 Å². The average molecular weight is 751 g/mol. The summed E-state index contributed by atoms with van der Waals surface area (Å²) < 4.78 is 18.4. The van der Waals surface area contributed by atoms with Crippen molar-refractivity contribution in [1.82, 2.24) is 20.1 Å². The van der Waals surface area contributed by atoms with Crippen molar-refractivity contribution in [3.8, 4) is 22.8 Å². The zero-order valence-electron chi connectivity index (χ0n) is 33.0. The summed E-state index contributed by atoms with van der Waals surface area (Å²) >= 11 is 0. The molecule has 0 unspecified atom stereocenters. The van der Waals surface area contributed by atoms with E-state index in [1.807, 2.05) is 44.2 Å². The van der Waals surface area contributed by atoms with Gasteiger partial charge in [-0.2, -0.15) is 4.98 Å². The quantitative estimate of drug-likeness (QED) is 0.164. The molecule has 9 heteroatoms. The van der Waals surface area contributed by atoms with Crippen LogP contribution in [-0.2, 0) is 0 Å². The fourth-order valence-electron chi connectivity index (χ4n) is 8.82. The highest BCUT2D eigenvalue weighted by atomic mass is 16.5. The van der Waals surface area contributed by atoms with E-state index < -0.39 is 0 Å². The first-order chi connectivity index (χ1) is 27.6. The second kappa shape index (κ2) is 12.5. The first-order valence-corrected chi connectivity index (χ1v) is 19.8. The minimum Gasteiger partial charge on any atom is -0.438 e. The van der Waals surface area contributed by atoms with Gasteiger partial charge in [-0.3, -0.25) is 0 Å². The van der Waals surface area contributed by atoms with Crippen LogP contribution in [0.3, 0.4) is 0 Å². The molecular formula is C48H42N6O3. The predicted molar refractivity (Wildman–Crippen MR) is 227 cm³/mol. The summed E-state index contributed by atoms with van der Waals surface area (Å²) in [7, 11) is 0. The number of furan rings is 2. The number of hydrogen-bond donors (Lipinski definition) is 0. The molecule has 0 atom stereocenters. The van der Waals surface area contributed by atoms with Crippen molar-refractivity contribution in [3.63, 3.8) is 0 Å². The van der Waals surface area contributed by atoms with Gasteiger partial charge in [0.2, 0.25) is 17.3 Å². The third kappa shape index (κ3) is 5.51. The van der Waals surface area contributed by atoms with Crippen LogP contribution >= 0.6 is 0 Å². The number of hydrogen-bond acceptors (Lipinski definition) is 9. The van der Waals surface area contributed by atoms with Gasteiger partial charge in [-0.15, -0.1) is 0 Å². The van der Waals surface area contributed by atoms with E-state index in [1.165, 1.54) is 44.8 Å². The van der Waals surface area contributed by atoms with Crippen LogP contribution in [0.4, 0.5) is 11.4 Å². The number of fused-ring (bicyclic) bond motifs is 6. The van der Waals surface area contributed by atoms with Gasteiger partial charge in [0.25, 0.3) is 5.89 Å². The second-order valence-corrected chi connectivity index (χ2v) is 16.3. The highest BCUT2D eigenvalue weighted by Gasteiger charge is 2.34. The lowest BCUT2D eigenvalue weighted by atomic mass is 9.83. The highest BCUT2D eigenvalue weighted by Crippen LogP contribution is 2.43. The fourth-order valence-corrected chi connectivity index (χ4v) is 8.82. The van der Waals surface area contributed by atoms with E-state index in [0.29, 0.717) is 35.0 Å². The Morgan fingerprint density at radius 1 is 0.509 bits per heavy atom. The van der Waals surface area contributed by atoms with E-state index in [9.17, 15) is 0 Å². The lowest BCUT2D eigenvalue weighted by Crippen LogP contribution is -2.46. The Kier molecular flexibility index (Phi) is 7.43. The third-order valence-electron chi connectivity index (χ3n) is 12.5. The van der Waals surface area contributed by atoms with Crippen LogP contribution in [-0.4, -0.2) is 46.3 Å². The van der Waals surface area contributed by atoms with E-state index in [1.54, 1.807) is 0 Å². The molecule has 5 aromatic heterocycles. The number of benzene rings is 4. The molecule has 0 N–H and O–H groups in total. The number of anilines is 2. The Morgan fingerprint density at radius 2 is 1.02 bits per heavy atom. The van der Waals surface area contributed by atoms with E-state index in [-0.39, 0.29) is 0 Å². The summed E-state index contributed by atoms with van der Waals surface area (Å²) in [5, 5.41) is 8.76. The van der Waals surface area contributed by atoms with Gasteiger partial charge in [0.15, 0.2) is 0 Å². The molecule has 2 fully saturated rings. The van der Waals surface area contributed by atoms with Crippen LogP contribution in [0.1, 0.15) is 56.6 Å². The zero-order chi connectivity index (χ0) is 38.7. The first-order valence-electron chi connectivity index (χ1n) is 19.8. The summed E-state index contributed by atoms with van der Waals surface area (Å²) in [5.41, 5.74) is 16.9. The Bertz CT molecular complexity index is 2910. The molecule has 0 spiro atoms. The molecule has 282 valence electrons. The van der Waals surface area contributed by atoms with Crippen LogP contribution in [0.25, 0.3) is 67.0 Å². The highest BCUT2D eigenvalue weighted by molar-refractivity contribution is 6.06. The summed E-state index contributed by atoms with van der Waals surface area (Å²) in [6.07, 6.45) is 0. The van der Waals surface area contributed by atoms with Gasteiger partial charge < -0.3 is 23.2 Å². The molecule has 2 aliphatic heterocycles. The van der Waals surface area contributed by atoms with Gasteiger partial charge >= 0.3 is 0 Å². The monoisotopic (exact) mass is 750 g/mol. The molecule has 0 amide bonds. The topological polar surface area (TPSA) is 97.5 Å². The first kappa shape index (κ1) is 33.8. The standard InChI is InChI=1S/C48H42N6O3/c1-25-12-39-37-19-41(27(3)14-43(37)55-47(39)49-29(25)5)53-21-35(22-53)32-16-33(18-34(17-32)46-51-45(52-57-46)31-10-8-7-9-11-31)36-23-54(24-36)42-20-38-40-13-26(2)30(6)50-48(40)56-44(38)15-28(42)4/h7-20,35-36H,21-24H2,1-6H3. The Balaban J connectivity index is 0.906. The number of nitrogens with zero attached hydrogens (tertiary/aromatic N) is 6. The van der Waals surface area contributed by atoms with Crippen molar-refractivity contribution >= 4 is 55.5 Å². The zero-order valence-corrected chi connectivity index (χ0v) is 33.0. The van der Waals surface area contributed by atoms with Gasteiger partial charge in [0, 0.05) is 93.4 Å². The molecule has 11 rings (SSSR count). The van der Waals surface area contributed by atoms with E-state index >= 15 is 0 Å². The summed E-state index contributed by atoms with van der Waals surface area (Å²) in [4.78, 5) is 19.3. The maximum Gasteiger partial charge on any atom is 0.258 e. The molecule has 7 heterocycles. The van der Waals surface area contributed by atoms with Crippen LogP contribution < -0.4 is 9.80 Å². The summed E-state index contributed by atoms with van der Waals surface area (Å²) in [6.45, 7) is 16.3. The fraction of sp³-hybridized carbons (Fsp3) is 0.250. The molecule has 57 heavy (non-hydrogen) atoms. The summed E-state index contributed by atoms with van der Waals surface area (Å²) in [5.74, 6) is 1.86. The molecule has 0 radical (unpaired) electrons. The van der Waals surface area contributed by atoms with Crippen LogP contribution in [0, 0.1) is 41.5 Å². The Hall–Kier alpha value is -6.48. The number of aryl methyl sites for hydroxylation is 6. The number of pyridine rings is 2. The molecular weight excluding hydrogens is 709 g/mol. The van der Waals surface area contributed by atoms with Gasteiger partial charge in [-0.1, -0.05) is 41.6 Å². The average Bonchev–Trinajstić information content (AvgIpc) is 3.87. The van der Waals surface area contributed by atoms with Crippen molar-refractivity contribution < 1.29 is 13.4 Å². The minimum absolute atomic E-state index is 0.360. The predicted octanol–water partition coefficient (Wildman–Crippen LogP) is 11.1. The second-order valence-electron chi connectivity index (χ2n) is 16.3. The van der Waals surface area contributed by atoms with Gasteiger partial charge in [0.05, 0.1) is 0 Å². The van der Waals surface area contributed by atoms with Crippen molar-refractivity contribution in [2.45, 2.75) is 53.4 Å². The van der Waals surface area contributed by atoms with Crippen molar-refractivity contribution in [1.29, 1.82) is 0 Å². The van der Waals surface area contributed by atoms with E-state index in [2.05, 4.69) is 97.2 Å². The number of rotatable bonds is 6.